The second kappa shape index (κ2) is 6.38. The zero-order chi connectivity index (χ0) is 14.6. The van der Waals surface area contributed by atoms with Crippen molar-refractivity contribution < 1.29 is 8.42 Å². The lowest BCUT2D eigenvalue weighted by atomic mass is 10.3. The minimum absolute atomic E-state index is 0.0846. The fraction of sp³-hybridized carbons (Fsp3) is 0.250. The van der Waals surface area contributed by atoms with E-state index in [9.17, 15) is 8.42 Å². The molecule has 8 heteroatoms. The van der Waals surface area contributed by atoms with Crippen LogP contribution in [0.15, 0.2) is 40.0 Å². The van der Waals surface area contributed by atoms with E-state index in [0.717, 1.165) is 11.0 Å². The first-order chi connectivity index (χ1) is 9.53. The molecule has 20 heavy (non-hydrogen) atoms. The quantitative estimate of drug-likeness (QED) is 0.737. The van der Waals surface area contributed by atoms with Crippen molar-refractivity contribution in [2.24, 2.45) is 0 Å². The molecule has 0 aliphatic rings. The highest BCUT2D eigenvalue weighted by molar-refractivity contribution is 9.10. The Kier molecular flexibility index (Phi) is 4.79. The largest absolute Gasteiger partial charge is 0.313 e. The van der Waals surface area contributed by atoms with Crippen LogP contribution in [0.5, 0.6) is 0 Å². The van der Waals surface area contributed by atoms with Gasteiger partial charge in [-0.15, -0.1) is 0 Å². The molecule has 6 nitrogen and oxygen atoms in total. The molecule has 0 saturated heterocycles. The number of aromatic amines is 1. The zero-order valence-corrected chi connectivity index (χ0v) is 13.3. The van der Waals surface area contributed by atoms with Crippen LogP contribution in [0.1, 0.15) is 12.5 Å². The summed E-state index contributed by atoms with van der Waals surface area (Å²) in [6, 6.07) is 6.90. The Morgan fingerprint density at radius 3 is 2.65 bits per heavy atom. The third-order valence-electron chi connectivity index (χ3n) is 2.61. The minimum Gasteiger partial charge on any atom is -0.313 e. The number of anilines is 1. The first-order valence-corrected chi connectivity index (χ1v) is 8.32. The SMILES string of the molecule is CCNCc1cn[nH]c1S(=O)(=O)Nc1ccc(Br)cc1. The lowest BCUT2D eigenvalue weighted by molar-refractivity contribution is 0.594. The molecule has 0 amide bonds. The van der Waals surface area contributed by atoms with Crippen molar-refractivity contribution in [2.75, 3.05) is 11.3 Å². The molecule has 108 valence electrons. The number of hydrogen-bond donors (Lipinski definition) is 3. The van der Waals surface area contributed by atoms with Crippen molar-refractivity contribution in [3.63, 3.8) is 0 Å². The van der Waals surface area contributed by atoms with Crippen molar-refractivity contribution in [2.45, 2.75) is 18.5 Å². The molecule has 0 bridgehead atoms. The standard InChI is InChI=1S/C12H15BrN4O2S/c1-2-14-7-9-8-15-16-12(9)20(18,19)17-11-5-3-10(13)4-6-11/h3-6,8,14,17H,2,7H2,1H3,(H,15,16). The summed E-state index contributed by atoms with van der Waals surface area (Å²) in [5.74, 6) is 0. The van der Waals surface area contributed by atoms with E-state index in [1.807, 2.05) is 6.92 Å². The zero-order valence-electron chi connectivity index (χ0n) is 10.9. The van der Waals surface area contributed by atoms with Crippen LogP contribution >= 0.6 is 15.9 Å². The number of rotatable bonds is 6. The Morgan fingerprint density at radius 1 is 1.30 bits per heavy atom. The fourth-order valence-corrected chi connectivity index (χ4v) is 3.10. The number of nitrogens with zero attached hydrogens (tertiary/aromatic N) is 1. The molecular weight excluding hydrogens is 344 g/mol. The lowest BCUT2D eigenvalue weighted by Gasteiger charge is -2.08. The normalized spacial score (nSPS) is 11.5. The van der Waals surface area contributed by atoms with Crippen LogP contribution in [0.4, 0.5) is 5.69 Å². The third-order valence-corrected chi connectivity index (χ3v) is 4.53. The van der Waals surface area contributed by atoms with Gasteiger partial charge in [0.05, 0.1) is 6.20 Å². The van der Waals surface area contributed by atoms with Crippen molar-refractivity contribution in [1.29, 1.82) is 0 Å². The summed E-state index contributed by atoms with van der Waals surface area (Å²) in [5, 5.41) is 9.50. The first kappa shape index (κ1) is 15.0. The van der Waals surface area contributed by atoms with Crippen molar-refractivity contribution in [3.8, 4) is 0 Å². The number of benzene rings is 1. The average Bonchev–Trinajstić information content (AvgIpc) is 2.88. The number of aromatic nitrogens is 2. The second-order valence-corrected chi connectivity index (χ2v) is 6.65. The maximum Gasteiger partial charge on any atom is 0.279 e. The molecule has 1 aromatic carbocycles. The van der Waals surface area contributed by atoms with Gasteiger partial charge in [-0.05, 0) is 30.8 Å². The van der Waals surface area contributed by atoms with Crippen molar-refractivity contribution in [1.82, 2.24) is 15.5 Å². The van der Waals surface area contributed by atoms with Gasteiger partial charge in [0.25, 0.3) is 10.0 Å². The number of nitrogens with one attached hydrogen (secondary N) is 3. The summed E-state index contributed by atoms with van der Waals surface area (Å²) in [6.07, 6.45) is 1.51. The Balaban J connectivity index is 2.22. The third kappa shape index (κ3) is 3.59. The number of sulfonamides is 1. The summed E-state index contributed by atoms with van der Waals surface area (Å²) in [5.41, 5.74) is 1.11. The fourth-order valence-electron chi connectivity index (χ4n) is 1.64. The van der Waals surface area contributed by atoms with Gasteiger partial charge in [0, 0.05) is 22.3 Å². The van der Waals surface area contributed by atoms with Crippen molar-refractivity contribution >= 4 is 31.6 Å². The van der Waals surface area contributed by atoms with E-state index >= 15 is 0 Å². The van der Waals surface area contributed by atoms with Crippen LogP contribution < -0.4 is 10.0 Å². The van der Waals surface area contributed by atoms with E-state index < -0.39 is 10.0 Å². The van der Waals surface area contributed by atoms with Gasteiger partial charge in [-0.1, -0.05) is 22.9 Å². The van der Waals surface area contributed by atoms with Gasteiger partial charge >= 0.3 is 0 Å². The van der Waals surface area contributed by atoms with Gasteiger partial charge in [-0.3, -0.25) is 9.82 Å². The highest BCUT2D eigenvalue weighted by atomic mass is 79.9. The molecule has 0 saturated carbocycles. The molecule has 2 aromatic rings. The Bertz CT molecular complexity index is 667. The van der Waals surface area contributed by atoms with Gasteiger partial charge in [0.2, 0.25) is 0 Å². The summed E-state index contributed by atoms with van der Waals surface area (Å²) in [6.45, 7) is 3.16. The van der Waals surface area contributed by atoms with Crippen molar-refractivity contribution in [3.05, 3.63) is 40.5 Å². The number of hydrogen-bond acceptors (Lipinski definition) is 4. The van der Waals surface area contributed by atoms with Gasteiger partial charge in [0.15, 0.2) is 5.03 Å². The molecule has 0 spiro atoms. The first-order valence-electron chi connectivity index (χ1n) is 6.04. The van der Waals surface area contributed by atoms with Gasteiger partial charge < -0.3 is 5.32 Å². The highest BCUT2D eigenvalue weighted by Crippen LogP contribution is 2.19. The van der Waals surface area contributed by atoms with Crippen LogP contribution in [0.3, 0.4) is 0 Å². The molecule has 0 atom stereocenters. The Morgan fingerprint density at radius 2 is 2.00 bits per heavy atom. The van der Waals surface area contributed by atoms with Crippen LogP contribution in [-0.4, -0.2) is 25.2 Å². The van der Waals surface area contributed by atoms with E-state index in [4.69, 9.17) is 0 Å². The predicted molar refractivity (Wildman–Crippen MR) is 80.9 cm³/mol. The Hall–Kier alpha value is -1.38. The number of halogens is 1. The van der Waals surface area contributed by atoms with E-state index in [1.54, 1.807) is 24.3 Å². The summed E-state index contributed by atoms with van der Waals surface area (Å²) in [4.78, 5) is 0. The summed E-state index contributed by atoms with van der Waals surface area (Å²) < 4.78 is 28.0. The maximum absolute atomic E-state index is 12.3. The van der Waals surface area contributed by atoms with E-state index in [1.165, 1.54) is 6.20 Å². The molecule has 0 fully saturated rings. The second-order valence-electron chi connectivity index (χ2n) is 4.12. The number of H-pyrrole nitrogens is 1. The molecular formula is C12H15BrN4O2S. The topological polar surface area (TPSA) is 86.9 Å². The minimum atomic E-state index is -3.67. The average molecular weight is 359 g/mol. The van der Waals surface area contributed by atoms with Crippen LogP contribution in [0.25, 0.3) is 0 Å². The van der Waals surface area contributed by atoms with Gasteiger partial charge in [-0.25, -0.2) is 0 Å². The van der Waals surface area contributed by atoms with E-state index in [0.29, 0.717) is 17.8 Å². The maximum atomic E-state index is 12.3. The molecule has 1 aromatic heterocycles. The molecule has 2 rings (SSSR count). The molecule has 0 unspecified atom stereocenters. The van der Waals surface area contributed by atoms with Crippen LogP contribution in [0, 0.1) is 0 Å². The monoisotopic (exact) mass is 358 g/mol. The lowest BCUT2D eigenvalue weighted by Crippen LogP contribution is -2.18. The Labute approximate surface area is 126 Å². The summed E-state index contributed by atoms with van der Waals surface area (Å²) in [7, 11) is -3.67. The highest BCUT2D eigenvalue weighted by Gasteiger charge is 2.20. The molecule has 0 aliphatic heterocycles. The van der Waals surface area contributed by atoms with Crippen LogP contribution in [0.2, 0.25) is 0 Å². The molecule has 0 aliphatic carbocycles. The van der Waals surface area contributed by atoms with Crippen LogP contribution in [-0.2, 0) is 16.6 Å². The summed E-state index contributed by atoms with van der Waals surface area (Å²) >= 11 is 3.30. The van der Waals surface area contributed by atoms with Gasteiger partial charge in [0.1, 0.15) is 0 Å². The molecule has 1 heterocycles. The molecule has 0 radical (unpaired) electrons. The van der Waals surface area contributed by atoms with Gasteiger partial charge in [-0.2, -0.15) is 13.5 Å². The smallest absolute Gasteiger partial charge is 0.279 e. The van der Waals surface area contributed by atoms with E-state index in [2.05, 4.69) is 36.2 Å². The predicted octanol–water partition coefficient (Wildman–Crippen LogP) is 2.08. The molecule has 3 N–H and O–H groups in total. The van der Waals surface area contributed by atoms with E-state index in [-0.39, 0.29) is 5.03 Å².